The molecule has 3 rings (SSSR count). The van der Waals surface area contributed by atoms with Gasteiger partial charge in [0.15, 0.2) is 0 Å². The summed E-state index contributed by atoms with van der Waals surface area (Å²) in [6, 6.07) is 12.8. The van der Waals surface area contributed by atoms with Crippen LogP contribution in [-0.4, -0.2) is 31.3 Å². The van der Waals surface area contributed by atoms with Crippen LogP contribution in [0.4, 0.5) is 5.69 Å². The number of benzene rings is 2. The molecule has 0 aliphatic heterocycles. The maximum Gasteiger partial charge on any atom is 0.339 e. The monoisotopic (exact) mass is 435 g/mol. The predicted molar refractivity (Wildman–Crippen MR) is 99.9 cm³/mol. The van der Waals surface area contributed by atoms with E-state index in [0.29, 0.717) is 15.8 Å². The predicted octanol–water partition coefficient (Wildman–Crippen LogP) is 3.22. The second-order valence-corrected chi connectivity index (χ2v) is 7.77. The van der Waals surface area contributed by atoms with E-state index in [1.165, 1.54) is 19.2 Å². The quantitative estimate of drug-likeness (QED) is 0.621. The van der Waals surface area contributed by atoms with Crippen molar-refractivity contribution in [3.8, 4) is 5.69 Å². The van der Waals surface area contributed by atoms with Gasteiger partial charge in [-0.05, 0) is 36.4 Å². The number of anilines is 1. The zero-order valence-electron chi connectivity index (χ0n) is 13.6. The highest BCUT2D eigenvalue weighted by atomic mass is 79.9. The molecule has 0 aliphatic carbocycles. The molecule has 1 aromatic heterocycles. The molecule has 0 bridgehead atoms. The van der Waals surface area contributed by atoms with Gasteiger partial charge in [-0.1, -0.05) is 28.1 Å². The first kappa shape index (κ1) is 18.2. The van der Waals surface area contributed by atoms with E-state index in [9.17, 15) is 13.2 Å². The van der Waals surface area contributed by atoms with Crippen LogP contribution in [0.15, 0.2) is 70.3 Å². The van der Waals surface area contributed by atoms with Gasteiger partial charge < -0.3 is 4.74 Å². The van der Waals surface area contributed by atoms with Gasteiger partial charge in [0.05, 0.1) is 24.0 Å². The Balaban J connectivity index is 2.06. The van der Waals surface area contributed by atoms with Crippen LogP contribution in [0, 0.1) is 0 Å². The molecule has 0 radical (unpaired) electrons. The molecule has 0 amide bonds. The van der Waals surface area contributed by atoms with Gasteiger partial charge in [-0.2, -0.15) is 5.10 Å². The number of ether oxygens (including phenoxy) is 1. The number of methoxy groups -OCH3 is 1. The molecule has 0 fully saturated rings. The highest BCUT2D eigenvalue weighted by Crippen LogP contribution is 2.26. The topological polar surface area (TPSA) is 90.3 Å². The van der Waals surface area contributed by atoms with Crippen molar-refractivity contribution in [3.63, 3.8) is 0 Å². The fourth-order valence-electron chi connectivity index (χ4n) is 2.38. The minimum atomic E-state index is -4.04. The summed E-state index contributed by atoms with van der Waals surface area (Å²) < 4.78 is 35.1. The molecule has 7 nitrogen and oxygen atoms in total. The molecular weight excluding hydrogens is 422 g/mol. The number of rotatable bonds is 5. The van der Waals surface area contributed by atoms with Crippen LogP contribution < -0.4 is 4.72 Å². The molecule has 0 unspecified atom stereocenters. The second-order valence-electron chi connectivity index (χ2n) is 5.21. The third kappa shape index (κ3) is 3.63. The summed E-state index contributed by atoms with van der Waals surface area (Å²) in [6.07, 6.45) is 3.29. The normalized spacial score (nSPS) is 11.2. The standard InChI is InChI=1S/C17H14BrN3O4S/c1-25-17(22)13-11-12(18)7-8-16(13)26(23,24)20-14-5-2-3-6-15(14)21-10-4-9-19-21/h2-11,20H,1H3. The van der Waals surface area contributed by atoms with Crippen molar-refractivity contribution >= 4 is 37.6 Å². The van der Waals surface area contributed by atoms with Crippen LogP contribution >= 0.6 is 15.9 Å². The number of sulfonamides is 1. The third-order valence-electron chi connectivity index (χ3n) is 3.54. The van der Waals surface area contributed by atoms with Gasteiger partial charge in [0, 0.05) is 16.9 Å². The number of nitrogens with zero attached hydrogens (tertiary/aromatic N) is 2. The molecular formula is C17H14BrN3O4S. The summed E-state index contributed by atoms with van der Waals surface area (Å²) in [7, 11) is -2.85. The molecule has 0 atom stereocenters. The van der Waals surface area contributed by atoms with E-state index in [1.807, 2.05) is 0 Å². The SMILES string of the molecule is COC(=O)c1cc(Br)ccc1S(=O)(=O)Nc1ccccc1-n1cccn1. The Morgan fingerprint density at radius 2 is 1.96 bits per heavy atom. The van der Waals surface area contributed by atoms with E-state index >= 15 is 0 Å². The Labute approximate surface area is 158 Å². The summed E-state index contributed by atoms with van der Waals surface area (Å²) in [5.41, 5.74) is 0.818. The maximum atomic E-state index is 12.9. The molecule has 0 saturated carbocycles. The molecule has 1 heterocycles. The minimum Gasteiger partial charge on any atom is -0.465 e. The lowest BCUT2D eigenvalue weighted by molar-refractivity contribution is 0.0596. The van der Waals surface area contributed by atoms with E-state index in [1.54, 1.807) is 53.5 Å². The molecule has 0 saturated heterocycles. The summed E-state index contributed by atoms with van der Waals surface area (Å²) in [6.45, 7) is 0. The largest absolute Gasteiger partial charge is 0.465 e. The Morgan fingerprint density at radius 3 is 2.65 bits per heavy atom. The first-order valence-corrected chi connectivity index (χ1v) is 9.70. The van der Waals surface area contributed by atoms with E-state index in [2.05, 4.69) is 25.8 Å². The molecule has 134 valence electrons. The van der Waals surface area contributed by atoms with Gasteiger partial charge in [0.2, 0.25) is 0 Å². The zero-order chi connectivity index (χ0) is 18.7. The highest BCUT2D eigenvalue weighted by molar-refractivity contribution is 9.10. The average Bonchev–Trinajstić information content (AvgIpc) is 3.15. The van der Waals surface area contributed by atoms with Gasteiger partial charge in [-0.25, -0.2) is 17.9 Å². The first-order chi connectivity index (χ1) is 12.4. The van der Waals surface area contributed by atoms with Crippen molar-refractivity contribution in [2.45, 2.75) is 4.90 Å². The molecule has 0 spiro atoms. The van der Waals surface area contributed by atoms with Crippen LogP contribution in [0.25, 0.3) is 5.69 Å². The fourth-order valence-corrected chi connectivity index (χ4v) is 3.99. The van der Waals surface area contributed by atoms with Gasteiger partial charge in [-0.3, -0.25) is 4.72 Å². The number of nitrogens with one attached hydrogen (secondary N) is 1. The van der Waals surface area contributed by atoms with E-state index in [-0.39, 0.29) is 10.5 Å². The summed E-state index contributed by atoms with van der Waals surface area (Å²) >= 11 is 3.23. The smallest absolute Gasteiger partial charge is 0.339 e. The maximum absolute atomic E-state index is 12.9. The molecule has 9 heteroatoms. The van der Waals surface area contributed by atoms with E-state index in [4.69, 9.17) is 4.74 Å². The molecule has 1 N–H and O–H groups in total. The Morgan fingerprint density at radius 1 is 1.19 bits per heavy atom. The van der Waals surface area contributed by atoms with Gasteiger partial charge in [0.1, 0.15) is 4.90 Å². The zero-order valence-corrected chi connectivity index (χ0v) is 16.0. The Bertz CT molecular complexity index is 1050. The average molecular weight is 436 g/mol. The van der Waals surface area contributed by atoms with Crippen LogP contribution in [0.2, 0.25) is 0 Å². The number of hydrogen-bond acceptors (Lipinski definition) is 5. The number of esters is 1. The Kier molecular flexibility index (Phi) is 5.10. The lowest BCUT2D eigenvalue weighted by Crippen LogP contribution is -2.18. The molecule has 3 aromatic rings. The van der Waals surface area contributed by atoms with Gasteiger partial charge >= 0.3 is 5.97 Å². The molecule has 2 aromatic carbocycles. The number of para-hydroxylation sites is 2. The van der Waals surface area contributed by atoms with Crippen molar-refractivity contribution in [3.05, 3.63) is 71.0 Å². The summed E-state index contributed by atoms with van der Waals surface area (Å²) in [5, 5.41) is 4.12. The molecule has 0 aliphatic rings. The number of carbonyl (C=O) groups is 1. The minimum absolute atomic E-state index is 0.0639. The number of halogens is 1. The van der Waals surface area contributed by atoms with Crippen LogP contribution in [-0.2, 0) is 14.8 Å². The van der Waals surface area contributed by atoms with Crippen molar-refractivity contribution in [1.82, 2.24) is 9.78 Å². The van der Waals surface area contributed by atoms with Crippen molar-refractivity contribution in [2.24, 2.45) is 0 Å². The number of carbonyl (C=O) groups excluding carboxylic acids is 1. The summed E-state index contributed by atoms with van der Waals surface area (Å²) in [5.74, 6) is -0.743. The fraction of sp³-hybridized carbons (Fsp3) is 0.0588. The van der Waals surface area contributed by atoms with Crippen LogP contribution in [0.3, 0.4) is 0 Å². The van der Waals surface area contributed by atoms with Crippen LogP contribution in [0.5, 0.6) is 0 Å². The van der Waals surface area contributed by atoms with Crippen molar-refractivity contribution in [2.75, 3.05) is 11.8 Å². The van der Waals surface area contributed by atoms with Gasteiger partial charge in [0.25, 0.3) is 10.0 Å². The first-order valence-electron chi connectivity index (χ1n) is 7.42. The van der Waals surface area contributed by atoms with Crippen molar-refractivity contribution < 1.29 is 17.9 Å². The van der Waals surface area contributed by atoms with Gasteiger partial charge in [-0.15, -0.1) is 0 Å². The molecule has 26 heavy (non-hydrogen) atoms. The Hall–Kier alpha value is -2.65. The second kappa shape index (κ2) is 7.30. The lowest BCUT2D eigenvalue weighted by Gasteiger charge is -2.14. The highest BCUT2D eigenvalue weighted by Gasteiger charge is 2.24. The van der Waals surface area contributed by atoms with Crippen LogP contribution in [0.1, 0.15) is 10.4 Å². The van der Waals surface area contributed by atoms with E-state index in [0.717, 1.165) is 0 Å². The third-order valence-corrected chi connectivity index (χ3v) is 5.45. The van der Waals surface area contributed by atoms with E-state index < -0.39 is 16.0 Å². The number of aromatic nitrogens is 2. The summed E-state index contributed by atoms with van der Waals surface area (Å²) in [4.78, 5) is 11.8. The lowest BCUT2D eigenvalue weighted by atomic mass is 10.2. The van der Waals surface area contributed by atoms with Crippen molar-refractivity contribution in [1.29, 1.82) is 0 Å². The number of hydrogen-bond donors (Lipinski definition) is 1.